The molecular weight excluding hydrogens is 502 g/mol. The summed E-state index contributed by atoms with van der Waals surface area (Å²) in [5, 5.41) is 9.37. The molecule has 1 atom stereocenters. The highest BCUT2D eigenvalue weighted by atomic mass is 16.5. The van der Waals surface area contributed by atoms with Crippen molar-refractivity contribution >= 4 is 17.4 Å². The number of hydrogen-bond donors (Lipinski definition) is 1. The second-order valence-electron chi connectivity index (χ2n) is 12.2. The van der Waals surface area contributed by atoms with Gasteiger partial charge in [-0.25, -0.2) is 0 Å². The summed E-state index contributed by atoms with van der Waals surface area (Å²) in [6, 6.07) is 13.9. The summed E-state index contributed by atoms with van der Waals surface area (Å²) in [7, 11) is 1.68. The number of carbonyl (C=O) groups is 2. The van der Waals surface area contributed by atoms with Crippen LogP contribution in [0.2, 0.25) is 0 Å². The zero-order valence-corrected chi connectivity index (χ0v) is 24.0. The molecule has 1 saturated heterocycles. The minimum Gasteiger partial charge on any atom is -0.497 e. The maximum Gasteiger partial charge on any atom is 0.303 e. The Morgan fingerprint density at radius 3 is 2.40 bits per heavy atom. The number of benzene rings is 2. The van der Waals surface area contributed by atoms with Gasteiger partial charge in [0.1, 0.15) is 11.5 Å². The first-order valence-electron chi connectivity index (χ1n) is 15.4. The van der Waals surface area contributed by atoms with Gasteiger partial charge in [0, 0.05) is 31.1 Å². The molecule has 216 valence electrons. The molecule has 0 spiro atoms. The van der Waals surface area contributed by atoms with Gasteiger partial charge < -0.3 is 19.5 Å². The van der Waals surface area contributed by atoms with Crippen LogP contribution >= 0.6 is 0 Å². The van der Waals surface area contributed by atoms with Crippen LogP contribution in [0.1, 0.15) is 98.9 Å². The maximum atomic E-state index is 13.3. The number of carboxylic acids is 1. The van der Waals surface area contributed by atoms with Crippen molar-refractivity contribution < 1.29 is 24.2 Å². The Kier molecular flexibility index (Phi) is 9.66. The molecule has 1 aliphatic heterocycles. The number of hydrogen-bond acceptors (Lipinski definition) is 5. The smallest absolute Gasteiger partial charge is 0.303 e. The molecule has 1 heterocycles. The molecule has 40 heavy (non-hydrogen) atoms. The molecule has 2 aliphatic carbocycles. The summed E-state index contributed by atoms with van der Waals surface area (Å²) in [6.07, 6.45) is 12.5. The van der Waals surface area contributed by atoms with Crippen molar-refractivity contribution in [2.24, 2.45) is 17.8 Å². The van der Waals surface area contributed by atoms with E-state index in [9.17, 15) is 14.7 Å². The second-order valence-corrected chi connectivity index (χ2v) is 12.2. The SMILES string of the molecule is COc1ccc(C(=O)CCC2CCCCC2)c(N2CCC(COc3cccc(C(CC(=O)O)C4CC4)c3)CC2)c1. The number of piperidine rings is 1. The normalized spacial score (nSPS) is 19.3. The molecule has 2 saturated carbocycles. The molecule has 0 bridgehead atoms. The third-order valence-electron chi connectivity index (χ3n) is 9.32. The zero-order chi connectivity index (χ0) is 27.9. The number of carbonyl (C=O) groups excluding carboxylic acids is 1. The van der Waals surface area contributed by atoms with E-state index in [0.717, 1.165) is 73.5 Å². The minimum absolute atomic E-state index is 0.0757. The molecule has 1 N–H and O–H groups in total. The number of ether oxygens (including phenoxy) is 2. The van der Waals surface area contributed by atoms with Crippen LogP contribution in [0, 0.1) is 17.8 Å². The molecule has 1 unspecified atom stereocenters. The molecule has 0 amide bonds. The van der Waals surface area contributed by atoms with Crippen LogP contribution in [-0.4, -0.2) is 43.7 Å². The van der Waals surface area contributed by atoms with Gasteiger partial charge in [-0.1, -0.05) is 44.2 Å². The average Bonchev–Trinajstić information content (AvgIpc) is 3.84. The van der Waals surface area contributed by atoms with Crippen LogP contribution < -0.4 is 14.4 Å². The summed E-state index contributed by atoms with van der Waals surface area (Å²) in [5.74, 6) is 2.83. The van der Waals surface area contributed by atoms with Gasteiger partial charge in [0.2, 0.25) is 0 Å². The predicted molar refractivity (Wildman–Crippen MR) is 158 cm³/mol. The Balaban J connectivity index is 1.16. The lowest BCUT2D eigenvalue weighted by molar-refractivity contribution is -0.137. The number of carboxylic acid groups (broad SMARTS) is 1. The molecule has 2 aromatic carbocycles. The first kappa shape index (κ1) is 28.5. The fraction of sp³-hybridized carbons (Fsp3) is 0.588. The van der Waals surface area contributed by atoms with E-state index in [1.807, 2.05) is 42.5 Å². The van der Waals surface area contributed by atoms with Gasteiger partial charge in [-0.15, -0.1) is 0 Å². The summed E-state index contributed by atoms with van der Waals surface area (Å²) >= 11 is 0. The van der Waals surface area contributed by atoms with Crippen LogP contribution in [0.4, 0.5) is 5.69 Å². The fourth-order valence-electron chi connectivity index (χ4n) is 6.71. The minimum atomic E-state index is -0.736. The number of methoxy groups -OCH3 is 1. The van der Waals surface area contributed by atoms with E-state index in [1.165, 1.54) is 32.1 Å². The molecule has 6 nitrogen and oxygen atoms in total. The third-order valence-corrected chi connectivity index (χ3v) is 9.32. The van der Waals surface area contributed by atoms with Crippen LogP contribution in [0.3, 0.4) is 0 Å². The lowest BCUT2D eigenvalue weighted by Crippen LogP contribution is -2.36. The highest BCUT2D eigenvalue weighted by Crippen LogP contribution is 2.45. The quantitative estimate of drug-likeness (QED) is 0.262. The van der Waals surface area contributed by atoms with E-state index in [-0.39, 0.29) is 18.1 Å². The van der Waals surface area contributed by atoms with Gasteiger partial charge in [-0.05, 0) is 85.6 Å². The second kappa shape index (κ2) is 13.6. The van der Waals surface area contributed by atoms with Crippen molar-refractivity contribution in [2.45, 2.75) is 83.0 Å². The van der Waals surface area contributed by atoms with Gasteiger partial charge in [-0.2, -0.15) is 0 Å². The highest BCUT2D eigenvalue weighted by molar-refractivity contribution is 6.01. The number of aliphatic carboxylic acids is 1. The predicted octanol–water partition coefficient (Wildman–Crippen LogP) is 7.50. The maximum absolute atomic E-state index is 13.3. The molecule has 0 radical (unpaired) electrons. The van der Waals surface area contributed by atoms with Gasteiger partial charge in [-0.3, -0.25) is 9.59 Å². The fourth-order valence-corrected chi connectivity index (χ4v) is 6.71. The highest BCUT2D eigenvalue weighted by Gasteiger charge is 2.34. The standard InChI is InChI=1S/C34H45NO5/c1-39-28-13-14-30(33(36)15-10-24-6-3-2-4-7-24)32(21-28)35-18-16-25(17-19-35)23-40-29-9-5-8-27(20-29)31(22-34(37)38)26-11-12-26/h5,8-9,13-14,20-21,24-26,31H,2-4,6-7,10-12,15-19,22-23H2,1H3,(H,37,38). The van der Waals surface area contributed by atoms with E-state index in [1.54, 1.807) is 7.11 Å². The number of nitrogens with zero attached hydrogens (tertiary/aromatic N) is 1. The monoisotopic (exact) mass is 547 g/mol. The van der Waals surface area contributed by atoms with E-state index in [4.69, 9.17) is 9.47 Å². The van der Waals surface area contributed by atoms with E-state index >= 15 is 0 Å². The van der Waals surface area contributed by atoms with Crippen molar-refractivity contribution in [1.29, 1.82) is 0 Å². The first-order valence-corrected chi connectivity index (χ1v) is 15.4. The largest absolute Gasteiger partial charge is 0.497 e. The van der Waals surface area contributed by atoms with Gasteiger partial charge in [0.25, 0.3) is 0 Å². The van der Waals surface area contributed by atoms with Gasteiger partial charge >= 0.3 is 5.97 Å². The van der Waals surface area contributed by atoms with Crippen molar-refractivity contribution in [1.82, 2.24) is 0 Å². The lowest BCUT2D eigenvalue weighted by atomic mass is 9.85. The number of ketones is 1. The van der Waals surface area contributed by atoms with Crippen molar-refractivity contribution in [3.63, 3.8) is 0 Å². The zero-order valence-electron chi connectivity index (χ0n) is 24.0. The molecule has 0 aromatic heterocycles. The van der Waals surface area contributed by atoms with Crippen LogP contribution in [0.15, 0.2) is 42.5 Å². The molecule has 3 fully saturated rings. The Bertz CT molecular complexity index is 1140. The average molecular weight is 548 g/mol. The summed E-state index contributed by atoms with van der Waals surface area (Å²) in [4.78, 5) is 27.1. The Morgan fingerprint density at radius 1 is 0.925 bits per heavy atom. The van der Waals surface area contributed by atoms with Crippen LogP contribution in [0.25, 0.3) is 0 Å². The molecule has 2 aromatic rings. The van der Waals surface area contributed by atoms with Crippen LogP contribution in [-0.2, 0) is 4.79 Å². The summed E-state index contributed by atoms with van der Waals surface area (Å²) in [6.45, 7) is 2.41. The molecule has 3 aliphatic rings. The third kappa shape index (κ3) is 7.58. The summed E-state index contributed by atoms with van der Waals surface area (Å²) < 4.78 is 11.8. The lowest BCUT2D eigenvalue weighted by Gasteiger charge is -2.34. The van der Waals surface area contributed by atoms with Crippen LogP contribution in [0.5, 0.6) is 11.5 Å². The summed E-state index contributed by atoms with van der Waals surface area (Å²) in [5.41, 5.74) is 2.91. The number of Topliss-reactive ketones (excluding diaryl/α,β-unsaturated/α-hetero) is 1. The van der Waals surface area contributed by atoms with Crippen molar-refractivity contribution in [3.05, 3.63) is 53.6 Å². The van der Waals surface area contributed by atoms with Gasteiger partial charge in [0.15, 0.2) is 5.78 Å². The van der Waals surface area contributed by atoms with Crippen molar-refractivity contribution in [3.8, 4) is 11.5 Å². The molecule has 6 heteroatoms. The van der Waals surface area contributed by atoms with E-state index in [2.05, 4.69) is 4.90 Å². The van der Waals surface area contributed by atoms with Gasteiger partial charge in [0.05, 0.1) is 25.8 Å². The van der Waals surface area contributed by atoms with Crippen molar-refractivity contribution in [2.75, 3.05) is 31.7 Å². The molecular formula is C34H45NO5. The van der Waals surface area contributed by atoms with E-state index in [0.29, 0.717) is 30.8 Å². The number of anilines is 1. The van der Waals surface area contributed by atoms with E-state index < -0.39 is 5.97 Å². The number of rotatable bonds is 13. The first-order chi connectivity index (χ1) is 19.5. The topological polar surface area (TPSA) is 76.1 Å². The Hall–Kier alpha value is -3.02. The Morgan fingerprint density at radius 2 is 1.70 bits per heavy atom. The Labute approximate surface area is 239 Å². The molecule has 5 rings (SSSR count).